The molecule has 134 valence electrons. The number of carbonyl (C=O) groups is 2. The molecule has 0 saturated carbocycles. The molecular weight excluding hydrogens is 318 g/mol. The zero-order valence-electron chi connectivity index (χ0n) is 15.0. The number of fused-ring (bicyclic) bond motifs is 1. The molecule has 2 aromatic rings. The molecule has 1 saturated heterocycles. The number of amides is 2. The molecule has 2 atom stereocenters. The maximum Gasteiger partial charge on any atom is 0.321 e. The monoisotopic (exact) mass is 343 g/mol. The van der Waals surface area contributed by atoms with Gasteiger partial charge in [0, 0.05) is 31.5 Å². The van der Waals surface area contributed by atoms with Crippen molar-refractivity contribution in [2.24, 2.45) is 11.8 Å². The number of anilines is 1. The van der Waals surface area contributed by atoms with Crippen molar-refractivity contribution in [3.63, 3.8) is 0 Å². The van der Waals surface area contributed by atoms with Gasteiger partial charge >= 0.3 is 12.0 Å². The molecule has 1 aromatic heterocycles. The zero-order valence-corrected chi connectivity index (χ0v) is 15.0. The molecule has 0 bridgehead atoms. The summed E-state index contributed by atoms with van der Waals surface area (Å²) in [6.07, 6.45) is 2.69. The lowest BCUT2D eigenvalue weighted by atomic mass is 9.87. The van der Waals surface area contributed by atoms with Gasteiger partial charge < -0.3 is 19.5 Å². The second-order valence-electron chi connectivity index (χ2n) is 6.65. The molecule has 1 aromatic carbocycles. The fraction of sp³-hybridized carbons (Fsp3) is 0.474. The van der Waals surface area contributed by atoms with Crippen LogP contribution in [0.2, 0.25) is 0 Å². The summed E-state index contributed by atoms with van der Waals surface area (Å²) in [6.45, 7) is 6.08. The number of benzene rings is 1. The SMILES string of the molecule is CCn1ccc2ccc(NC(=O)N3CC[C@H](C(=O)OC)[C@@H](C)C3)cc21. The van der Waals surface area contributed by atoms with Gasteiger partial charge in [-0.2, -0.15) is 0 Å². The van der Waals surface area contributed by atoms with Gasteiger partial charge in [0.1, 0.15) is 0 Å². The molecule has 25 heavy (non-hydrogen) atoms. The molecule has 1 fully saturated rings. The number of rotatable bonds is 3. The van der Waals surface area contributed by atoms with E-state index in [0.717, 1.165) is 23.1 Å². The first kappa shape index (κ1) is 17.3. The largest absolute Gasteiger partial charge is 0.469 e. The number of likely N-dealkylation sites (tertiary alicyclic amines) is 1. The highest BCUT2D eigenvalue weighted by Gasteiger charge is 2.33. The molecule has 0 spiro atoms. The number of urea groups is 1. The normalized spacial score (nSPS) is 20.5. The van der Waals surface area contributed by atoms with Crippen LogP contribution in [0.15, 0.2) is 30.5 Å². The Morgan fingerprint density at radius 3 is 2.80 bits per heavy atom. The lowest BCUT2D eigenvalue weighted by Crippen LogP contribution is -2.46. The summed E-state index contributed by atoms with van der Waals surface area (Å²) in [5.41, 5.74) is 1.90. The Hall–Kier alpha value is -2.50. The van der Waals surface area contributed by atoms with Gasteiger partial charge in [-0.3, -0.25) is 4.79 Å². The highest BCUT2D eigenvalue weighted by Crippen LogP contribution is 2.26. The van der Waals surface area contributed by atoms with E-state index in [1.165, 1.54) is 7.11 Å². The zero-order chi connectivity index (χ0) is 18.0. The Morgan fingerprint density at radius 1 is 1.32 bits per heavy atom. The van der Waals surface area contributed by atoms with E-state index < -0.39 is 0 Å². The van der Waals surface area contributed by atoms with E-state index in [1.807, 2.05) is 25.1 Å². The van der Waals surface area contributed by atoms with Crippen LogP contribution in [0, 0.1) is 11.8 Å². The first-order valence-corrected chi connectivity index (χ1v) is 8.76. The number of piperidine rings is 1. The quantitative estimate of drug-likeness (QED) is 0.870. The molecule has 2 amide bonds. The van der Waals surface area contributed by atoms with Crippen LogP contribution >= 0.6 is 0 Å². The van der Waals surface area contributed by atoms with Gasteiger partial charge in [-0.25, -0.2) is 4.79 Å². The van der Waals surface area contributed by atoms with Gasteiger partial charge in [0.15, 0.2) is 0 Å². The number of esters is 1. The highest BCUT2D eigenvalue weighted by molar-refractivity contribution is 5.93. The van der Waals surface area contributed by atoms with Gasteiger partial charge in [0.2, 0.25) is 0 Å². The van der Waals surface area contributed by atoms with Gasteiger partial charge in [0.25, 0.3) is 0 Å². The lowest BCUT2D eigenvalue weighted by Gasteiger charge is -2.35. The van der Waals surface area contributed by atoms with Gasteiger partial charge in [0.05, 0.1) is 18.5 Å². The van der Waals surface area contributed by atoms with Crippen molar-refractivity contribution in [2.45, 2.75) is 26.8 Å². The summed E-state index contributed by atoms with van der Waals surface area (Å²) in [4.78, 5) is 26.1. The second-order valence-corrected chi connectivity index (χ2v) is 6.65. The predicted molar refractivity (Wildman–Crippen MR) is 97.5 cm³/mol. The van der Waals surface area contributed by atoms with Crippen LogP contribution in [0.3, 0.4) is 0 Å². The van der Waals surface area contributed by atoms with Crippen LogP contribution in [0.1, 0.15) is 20.3 Å². The Kier molecular flexibility index (Phi) is 4.97. The third-order valence-electron chi connectivity index (χ3n) is 5.06. The molecule has 3 rings (SSSR count). The lowest BCUT2D eigenvalue weighted by molar-refractivity contribution is -0.148. The standard InChI is InChI=1S/C19H25N3O3/c1-4-21-9-7-14-5-6-15(11-17(14)21)20-19(24)22-10-8-16(13(2)12-22)18(23)25-3/h5-7,9,11,13,16H,4,8,10,12H2,1-3H3,(H,20,24)/t13-,16-/m0/s1. The summed E-state index contributed by atoms with van der Waals surface area (Å²) in [6, 6.07) is 7.89. The number of aromatic nitrogens is 1. The van der Waals surface area contributed by atoms with Crippen molar-refractivity contribution < 1.29 is 14.3 Å². The molecule has 1 N–H and O–H groups in total. The molecule has 1 aliphatic heterocycles. The van der Waals surface area contributed by atoms with Crippen LogP contribution in [0.5, 0.6) is 0 Å². The average Bonchev–Trinajstić information content (AvgIpc) is 3.03. The molecular formula is C19H25N3O3. The van der Waals surface area contributed by atoms with E-state index in [2.05, 4.69) is 29.1 Å². The van der Waals surface area contributed by atoms with E-state index in [-0.39, 0.29) is 23.8 Å². The molecule has 6 heteroatoms. The maximum absolute atomic E-state index is 12.6. The minimum atomic E-state index is -0.182. The molecule has 6 nitrogen and oxygen atoms in total. The maximum atomic E-state index is 12.6. The van der Waals surface area contributed by atoms with E-state index in [1.54, 1.807) is 4.90 Å². The number of ether oxygens (including phenoxy) is 1. The third kappa shape index (κ3) is 3.48. The molecule has 2 heterocycles. The average molecular weight is 343 g/mol. The third-order valence-corrected chi connectivity index (χ3v) is 5.06. The van der Waals surface area contributed by atoms with Crippen molar-refractivity contribution in [2.75, 3.05) is 25.5 Å². The number of methoxy groups -OCH3 is 1. The smallest absolute Gasteiger partial charge is 0.321 e. The summed E-state index contributed by atoms with van der Waals surface area (Å²) >= 11 is 0. The van der Waals surface area contributed by atoms with Gasteiger partial charge in [-0.15, -0.1) is 0 Å². The fourth-order valence-corrected chi connectivity index (χ4v) is 3.57. The number of hydrogen-bond acceptors (Lipinski definition) is 3. The number of aryl methyl sites for hydroxylation is 1. The summed E-state index contributed by atoms with van der Waals surface area (Å²) in [5.74, 6) is -0.219. The predicted octanol–water partition coefficient (Wildman–Crippen LogP) is 3.32. The van der Waals surface area contributed by atoms with Crippen molar-refractivity contribution in [1.29, 1.82) is 0 Å². The van der Waals surface area contributed by atoms with Crippen molar-refractivity contribution in [3.05, 3.63) is 30.5 Å². The first-order chi connectivity index (χ1) is 12.0. The minimum absolute atomic E-state index is 0.0896. The Bertz CT molecular complexity index is 783. The van der Waals surface area contributed by atoms with Crippen LogP contribution < -0.4 is 5.32 Å². The van der Waals surface area contributed by atoms with Crippen LogP contribution in [0.25, 0.3) is 10.9 Å². The first-order valence-electron chi connectivity index (χ1n) is 8.76. The summed E-state index contributed by atoms with van der Waals surface area (Å²) < 4.78 is 6.99. The van der Waals surface area contributed by atoms with E-state index in [4.69, 9.17) is 4.74 Å². The van der Waals surface area contributed by atoms with Crippen molar-refractivity contribution in [1.82, 2.24) is 9.47 Å². The van der Waals surface area contributed by atoms with E-state index in [9.17, 15) is 9.59 Å². The number of hydrogen-bond donors (Lipinski definition) is 1. The Balaban J connectivity index is 1.67. The highest BCUT2D eigenvalue weighted by atomic mass is 16.5. The van der Waals surface area contributed by atoms with Gasteiger partial charge in [-0.1, -0.05) is 13.0 Å². The molecule has 0 unspecified atom stereocenters. The van der Waals surface area contributed by atoms with Gasteiger partial charge in [-0.05, 0) is 42.8 Å². The van der Waals surface area contributed by atoms with Crippen molar-refractivity contribution in [3.8, 4) is 0 Å². The van der Waals surface area contributed by atoms with E-state index >= 15 is 0 Å². The van der Waals surface area contributed by atoms with E-state index in [0.29, 0.717) is 19.5 Å². The Morgan fingerprint density at radius 2 is 2.12 bits per heavy atom. The van der Waals surface area contributed by atoms with Crippen molar-refractivity contribution >= 4 is 28.6 Å². The molecule has 0 aliphatic carbocycles. The number of nitrogens with one attached hydrogen (secondary N) is 1. The molecule has 1 aliphatic rings. The van der Waals surface area contributed by atoms with Crippen LogP contribution in [-0.4, -0.2) is 41.7 Å². The molecule has 0 radical (unpaired) electrons. The number of nitrogens with zero attached hydrogens (tertiary/aromatic N) is 2. The number of carbonyl (C=O) groups excluding carboxylic acids is 2. The fourth-order valence-electron chi connectivity index (χ4n) is 3.57. The Labute approximate surface area is 147 Å². The topological polar surface area (TPSA) is 63.6 Å². The summed E-state index contributed by atoms with van der Waals surface area (Å²) in [7, 11) is 1.41. The van der Waals surface area contributed by atoms with Crippen LogP contribution in [-0.2, 0) is 16.1 Å². The summed E-state index contributed by atoms with van der Waals surface area (Å²) in [5, 5.41) is 4.14. The second kappa shape index (κ2) is 7.17. The van der Waals surface area contributed by atoms with Crippen LogP contribution in [0.4, 0.5) is 10.5 Å². The minimum Gasteiger partial charge on any atom is -0.469 e.